The zero-order valence-corrected chi connectivity index (χ0v) is 14.3. The Labute approximate surface area is 149 Å². The number of imidazole rings is 1. The third kappa shape index (κ3) is 2.97. The van der Waals surface area contributed by atoms with Crippen molar-refractivity contribution in [1.82, 2.24) is 29.7 Å². The molecule has 4 heterocycles. The standard InChI is InChI=1S/C17H19N7O2/c1-11-15(24-7-2-4-20-17(24)21-11)16(26)22-12-3-8-23(10-13(12)25)14-9-18-5-6-19-14/h2,4-7,9,12-13,25H,3,8,10H2,1H3,(H,22,26)/t12-,13-/m1/s1. The van der Waals surface area contributed by atoms with Gasteiger partial charge in [0, 0.05) is 37.9 Å². The number of aromatic nitrogens is 5. The number of amides is 1. The number of carbonyl (C=O) groups excluding carboxylic acids is 1. The number of rotatable bonds is 3. The maximum Gasteiger partial charge on any atom is 0.270 e. The Balaban J connectivity index is 1.48. The predicted molar refractivity (Wildman–Crippen MR) is 93.8 cm³/mol. The zero-order chi connectivity index (χ0) is 18.1. The number of aryl methyl sites for hydroxylation is 1. The van der Waals surface area contributed by atoms with Crippen molar-refractivity contribution in [2.24, 2.45) is 0 Å². The van der Waals surface area contributed by atoms with Crippen LogP contribution in [-0.2, 0) is 0 Å². The van der Waals surface area contributed by atoms with Gasteiger partial charge in [-0.2, -0.15) is 0 Å². The van der Waals surface area contributed by atoms with Gasteiger partial charge in [0.1, 0.15) is 11.5 Å². The van der Waals surface area contributed by atoms with E-state index in [9.17, 15) is 9.90 Å². The number of nitrogens with one attached hydrogen (secondary N) is 1. The summed E-state index contributed by atoms with van der Waals surface area (Å²) in [6.07, 6.45) is 8.20. The molecule has 0 saturated carbocycles. The van der Waals surface area contributed by atoms with E-state index in [4.69, 9.17) is 0 Å². The summed E-state index contributed by atoms with van der Waals surface area (Å²) < 4.78 is 1.66. The van der Waals surface area contributed by atoms with Gasteiger partial charge < -0.3 is 15.3 Å². The lowest BCUT2D eigenvalue weighted by atomic mass is 10.0. The highest BCUT2D eigenvalue weighted by Gasteiger charge is 2.31. The van der Waals surface area contributed by atoms with Gasteiger partial charge in [-0.15, -0.1) is 0 Å². The normalized spacial score (nSPS) is 20.3. The number of fused-ring (bicyclic) bond motifs is 1. The molecule has 0 aliphatic carbocycles. The second-order valence-corrected chi connectivity index (χ2v) is 6.28. The monoisotopic (exact) mass is 353 g/mol. The molecule has 2 atom stereocenters. The summed E-state index contributed by atoms with van der Waals surface area (Å²) in [5.41, 5.74) is 1.05. The molecule has 9 heteroatoms. The fourth-order valence-electron chi connectivity index (χ4n) is 3.27. The SMILES string of the molecule is Cc1nc2ncccn2c1C(=O)N[C@@H]1CCN(c2cnccn2)C[C@H]1O. The van der Waals surface area contributed by atoms with Crippen LogP contribution in [0.25, 0.3) is 5.78 Å². The van der Waals surface area contributed by atoms with Gasteiger partial charge in [0.2, 0.25) is 5.78 Å². The van der Waals surface area contributed by atoms with Gasteiger partial charge in [0.15, 0.2) is 0 Å². The molecule has 9 nitrogen and oxygen atoms in total. The number of hydrogen-bond donors (Lipinski definition) is 2. The van der Waals surface area contributed by atoms with E-state index < -0.39 is 6.10 Å². The second-order valence-electron chi connectivity index (χ2n) is 6.28. The van der Waals surface area contributed by atoms with E-state index in [1.54, 1.807) is 48.4 Å². The van der Waals surface area contributed by atoms with Gasteiger partial charge in [0.25, 0.3) is 5.91 Å². The molecule has 1 saturated heterocycles. The third-order valence-electron chi connectivity index (χ3n) is 4.57. The smallest absolute Gasteiger partial charge is 0.270 e. The van der Waals surface area contributed by atoms with Crippen molar-refractivity contribution in [3.05, 3.63) is 48.4 Å². The van der Waals surface area contributed by atoms with Gasteiger partial charge in [-0.05, 0) is 19.4 Å². The molecule has 0 radical (unpaired) electrons. The lowest BCUT2D eigenvalue weighted by molar-refractivity contribution is 0.0792. The van der Waals surface area contributed by atoms with Crippen LogP contribution >= 0.6 is 0 Å². The number of nitrogens with zero attached hydrogens (tertiary/aromatic N) is 6. The van der Waals surface area contributed by atoms with Crippen molar-refractivity contribution in [3.63, 3.8) is 0 Å². The van der Waals surface area contributed by atoms with Gasteiger partial charge >= 0.3 is 0 Å². The van der Waals surface area contributed by atoms with Gasteiger partial charge in [0.05, 0.1) is 24.0 Å². The first-order valence-electron chi connectivity index (χ1n) is 8.43. The van der Waals surface area contributed by atoms with Crippen LogP contribution in [0.1, 0.15) is 22.6 Å². The summed E-state index contributed by atoms with van der Waals surface area (Å²) in [6, 6.07) is 1.41. The quantitative estimate of drug-likeness (QED) is 0.692. The Hall–Kier alpha value is -3.07. The van der Waals surface area contributed by atoms with Crippen LogP contribution in [0.4, 0.5) is 5.82 Å². The van der Waals surface area contributed by atoms with Crippen LogP contribution in [-0.4, -0.2) is 60.6 Å². The van der Waals surface area contributed by atoms with E-state index in [1.807, 2.05) is 4.90 Å². The van der Waals surface area contributed by atoms with Crippen LogP contribution < -0.4 is 10.2 Å². The maximum absolute atomic E-state index is 12.8. The number of piperidine rings is 1. The van der Waals surface area contributed by atoms with E-state index in [1.165, 1.54) is 0 Å². The van der Waals surface area contributed by atoms with Gasteiger partial charge in [-0.25, -0.2) is 15.0 Å². The Morgan fingerprint density at radius 3 is 2.96 bits per heavy atom. The molecule has 4 rings (SSSR count). The van der Waals surface area contributed by atoms with Crippen LogP contribution in [0.5, 0.6) is 0 Å². The highest BCUT2D eigenvalue weighted by molar-refractivity contribution is 5.94. The maximum atomic E-state index is 12.8. The van der Waals surface area contributed by atoms with Crippen molar-refractivity contribution in [3.8, 4) is 0 Å². The molecule has 1 amide bonds. The molecule has 26 heavy (non-hydrogen) atoms. The number of aliphatic hydroxyl groups is 1. The number of anilines is 1. The third-order valence-corrected chi connectivity index (χ3v) is 4.57. The summed E-state index contributed by atoms with van der Waals surface area (Å²) >= 11 is 0. The summed E-state index contributed by atoms with van der Waals surface area (Å²) in [5.74, 6) is 0.938. The van der Waals surface area contributed by atoms with Crippen LogP contribution in [0, 0.1) is 6.92 Å². The average Bonchev–Trinajstić information content (AvgIpc) is 3.00. The Morgan fingerprint density at radius 2 is 2.19 bits per heavy atom. The Kier molecular flexibility index (Phi) is 4.21. The molecule has 0 spiro atoms. The largest absolute Gasteiger partial charge is 0.389 e. The van der Waals surface area contributed by atoms with E-state index in [2.05, 4.69) is 25.3 Å². The molecule has 2 N–H and O–H groups in total. The summed E-state index contributed by atoms with van der Waals surface area (Å²) in [4.78, 5) is 31.5. The molecular weight excluding hydrogens is 334 g/mol. The summed E-state index contributed by atoms with van der Waals surface area (Å²) in [7, 11) is 0. The molecule has 0 bridgehead atoms. The molecule has 0 unspecified atom stereocenters. The lowest BCUT2D eigenvalue weighted by Crippen LogP contribution is -2.54. The zero-order valence-electron chi connectivity index (χ0n) is 14.3. The Morgan fingerprint density at radius 1 is 1.31 bits per heavy atom. The van der Waals surface area contributed by atoms with E-state index >= 15 is 0 Å². The van der Waals surface area contributed by atoms with E-state index in [0.29, 0.717) is 36.7 Å². The minimum atomic E-state index is -0.702. The van der Waals surface area contributed by atoms with Crippen molar-refractivity contribution in [2.75, 3.05) is 18.0 Å². The van der Waals surface area contributed by atoms with Crippen molar-refractivity contribution in [2.45, 2.75) is 25.5 Å². The predicted octanol–water partition coefficient (Wildman–Crippen LogP) is 0.197. The minimum absolute atomic E-state index is 0.264. The van der Waals surface area contributed by atoms with Crippen molar-refractivity contribution in [1.29, 1.82) is 0 Å². The molecule has 0 aromatic carbocycles. The highest BCUT2D eigenvalue weighted by atomic mass is 16.3. The van der Waals surface area contributed by atoms with Crippen LogP contribution in [0.3, 0.4) is 0 Å². The molecule has 1 aliphatic rings. The average molecular weight is 353 g/mol. The van der Waals surface area contributed by atoms with E-state index in [0.717, 1.165) is 5.82 Å². The van der Waals surface area contributed by atoms with Crippen molar-refractivity contribution >= 4 is 17.5 Å². The first-order chi connectivity index (χ1) is 12.6. The molecular formula is C17H19N7O2. The topological polar surface area (TPSA) is 109 Å². The van der Waals surface area contributed by atoms with Crippen molar-refractivity contribution < 1.29 is 9.90 Å². The molecule has 3 aromatic heterocycles. The van der Waals surface area contributed by atoms with Crippen LogP contribution in [0.15, 0.2) is 37.1 Å². The highest BCUT2D eigenvalue weighted by Crippen LogP contribution is 2.18. The second kappa shape index (κ2) is 6.68. The number of β-amino-alcohol motifs (C(OH)–C–C–N with tert-alkyl or cyclic N) is 1. The molecule has 3 aromatic rings. The minimum Gasteiger partial charge on any atom is -0.389 e. The summed E-state index contributed by atoms with van der Waals surface area (Å²) in [6.45, 7) is 2.84. The Bertz CT molecular complexity index is 927. The molecule has 1 fully saturated rings. The molecule has 134 valence electrons. The van der Waals surface area contributed by atoms with Crippen LogP contribution in [0.2, 0.25) is 0 Å². The number of carbonyl (C=O) groups is 1. The fourth-order valence-corrected chi connectivity index (χ4v) is 3.27. The first-order valence-corrected chi connectivity index (χ1v) is 8.43. The summed E-state index contributed by atoms with van der Waals surface area (Å²) in [5, 5.41) is 13.4. The van der Waals surface area contributed by atoms with E-state index in [-0.39, 0.29) is 11.9 Å². The first kappa shape index (κ1) is 16.4. The molecule has 1 aliphatic heterocycles. The fraction of sp³-hybridized carbons (Fsp3) is 0.353. The number of hydrogen-bond acceptors (Lipinski definition) is 7. The number of aliphatic hydroxyl groups excluding tert-OH is 1. The lowest BCUT2D eigenvalue weighted by Gasteiger charge is -2.36. The van der Waals surface area contributed by atoms with Gasteiger partial charge in [-0.1, -0.05) is 0 Å². The van der Waals surface area contributed by atoms with Gasteiger partial charge in [-0.3, -0.25) is 14.2 Å².